The number of hydrogen-bond donors (Lipinski definition) is 1. The molecule has 0 aliphatic carbocycles. The van der Waals surface area contributed by atoms with Gasteiger partial charge in [-0.25, -0.2) is 0 Å². The maximum atomic E-state index is 12.0. The zero-order valence-corrected chi connectivity index (χ0v) is 13.1. The molecule has 1 aromatic heterocycles. The molecule has 0 saturated carbocycles. The molecule has 2 rings (SSSR count). The van der Waals surface area contributed by atoms with E-state index in [1.807, 2.05) is 42.3 Å². The highest BCUT2D eigenvalue weighted by Gasteiger charge is 2.14. The Bertz CT molecular complexity index is 574. The maximum absolute atomic E-state index is 12.0. The summed E-state index contributed by atoms with van der Waals surface area (Å²) >= 11 is 0. The topological polar surface area (TPSA) is 58.1 Å². The van der Waals surface area contributed by atoms with Crippen molar-refractivity contribution < 1.29 is 4.79 Å². The van der Waals surface area contributed by atoms with Crippen LogP contribution in [0.15, 0.2) is 48.9 Å². The Morgan fingerprint density at radius 1 is 1.27 bits per heavy atom. The van der Waals surface area contributed by atoms with Gasteiger partial charge in [0.05, 0.1) is 12.2 Å². The molecule has 0 radical (unpaired) electrons. The smallest absolute Gasteiger partial charge is 0.234 e. The summed E-state index contributed by atoms with van der Waals surface area (Å²) in [7, 11) is 1.95. The van der Waals surface area contributed by atoms with Crippen LogP contribution in [0.3, 0.4) is 0 Å². The van der Waals surface area contributed by atoms with Crippen molar-refractivity contribution in [3.63, 3.8) is 0 Å². The minimum Gasteiger partial charge on any atom is -0.351 e. The van der Waals surface area contributed by atoms with E-state index < -0.39 is 0 Å². The second-order valence-corrected chi connectivity index (χ2v) is 5.43. The molecular weight excluding hydrogens is 276 g/mol. The SMILES string of the molecule is C[C@@H](Cc1cnccn1)N(C)CC(=O)NCc1ccccc1. The Balaban J connectivity index is 1.75. The summed E-state index contributed by atoms with van der Waals surface area (Å²) in [5.74, 6) is 0.0253. The van der Waals surface area contributed by atoms with Gasteiger partial charge in [0.25, 0.3) is 0 Å². The third-order valence-corrected chi connectivity index (χ3v) is 3.60. The molecule has 0 fully saturated rings. The van der Waals surface area contributed by atoms with Crippen molar-refractivity contribution in [1.82, 2.24) is 20.2 Å². The van der Waals surface area contributed by atoms with E-state index >= 15 is 0 Å². The molecule has 0 bridgehead atoms. The van der Waals surface area contributed by atoms with E-state index in [1.165, 1.54) is 0 Å². The van der Waals surface area contributed by atoms with Crippen LogP contribution in [0.5, 0.6) is 0 Å². The lowest BCUT2D eigenvalue weighted by Gasteiger charge is -2.23. The van der Waals surface area contributed by atoms with Crippen LogP contribution >= 0.6 is 0 Å². The molecule has 1 N–H and O–H groups in total. The van der Waals surface area contributed by atoms with Crippen molar-refractivity contribution in [2.24, 2.45) is 0 Å². The van der Waals surface area contributed by atoms with Crippen LogP contribution in [0.2, 0.25) is 0 Å². The fraction of sp³-hybridized carbons (Fsp3) is 0.353. The molecule has 5 heteroatoms. The molecular formula is C17H22N4O. The summed E-state index contributed by atoms with van der Waals surface area (Å²) in [6.07, 6.45) is 5.89. The Morgan fingerprint density at radius 3 is 2.73 bits per heavy atom. The first-order valence-corrected chi connectivity index (χ1v) is 7.41. The van der Waals surface area contributed by atoms with Crippen molar-refractivity contribution in [1.29, 1.82) is 0 Å². The Kier molecular flexibility index (Phi) is 6.03. The van der Waals surface area contributed by atoms with Crippen molar-refractivity contribution in [3.8, 4) is 0 Å². The van der Waals surface area contributed by atoms with E-state index in [0.29, 0.717) is 13.1 Å². The first kappa shape index (κ1) is 16.1. The molecule has 5 nitrogen and oxygen atoms in total. The number of nitrogens with one attached hydrogen (secondary N) is 1. The lowest BCUT2D eigenvalue weighted by atomic mass is 10.1. The summed E-state index contributed by atoms with van der Waals surface area (Å²) in [6, 6.07) is 10.1. The van der Waals surface area contributed by atoms with E-state index in [1.54, 1.807) is 18.6 Å². The minimum absolute atomic E-state index is 0.0253. The second-order valence-electron chi connectivity index (χ2n) is 5.43. The Labute approximate surface area is 131 Å². The summed E-state index contributed by atoms with van der Waals surface area (Å²) in [5.41, 5.74) is 2.04. The van der Waals surface area contributed by atoms with Gasteiger partial charge in [-0.15, -0.1) is 0 Å². The quantitative estimate of drug-likeness (QED) is 0.844. The highest BCUT2D eigenvalue weighted by atomic mass is 16.2. The molecule has 0 aliphatic heterocycles. The van der Waals surface area contributed by atoms with Gasteiger partial charge in [-0.05, 0) is 19.5 Å². The van der Waals surface area contributed by atoms with Crippen LogP contribution in [-0.4, -0.2) is 40.4 Å². The van der Waals surface area contributed by atoms with E-state index in [2.05, 4.69) is 22.2 Å². The lowest BCUT2D eigenvalue weighted by Crippen LogP contribution is -2.40. The van der Waals surface area contributed by atoms with Gasteiger partial charge in [-0.1, -0.05) is 30.3 Å². The first-order chi connectivity index (χ1) is 10.6. The summed E-state index contributed by atoms with van der Waals surface area (Å²) < 4.78 is 0. The van der Waals surface area contributed by atoms with E-state index in [4.69, 9.17) is 0 Å². The minimum atomic E-state index is 0.0253. The summed E-state index contributed by atoms with van der Waals surface area (Å²) in [5, 5.41) is 2.94. The predicted molar refractivity (Wildman–Crippen MR) is 86.1 cm³/mol. The number of likely N-dealkylation sites (N-methyl/N-ethyl adjacent to an activating group) is 1. The van der Waals surface area contributed by atoms with Gasteiger partial charge in [0, 0.05) is 37.6 Å². The standard InChI is InChI=1S/C17H22N4O/c1-14(10-16-12-18-8-9-19-16)21(2)13-17(22)20-11-15-6-4-3-5-7-15/h3-9,12,14H,10-11,13H2,1-2H3,(H,20,22)/t14-/m0/s1. The number of rotatable bonds is 7. The van der Waals surface area contributed by atoms with Gasteiger partial charge in [0.1, 0.15) is 0 Å². The fourth-order valence-corrected chi connectivity index (χ4v) is 2.13. The van der Waals surface area contributed by atoms with Gasteiger partial charge >= 0.3 is 0 Å². The highest BCUT2D eigenvalue weighted by molar-refractivity contribution is 5.78. The molecule has 1 heterocycles. The third kappa shape index (κ3) is 5.26. The van der Waals surface area contributed by atoms with Crippen LogP contribution < -0.4 is 5.32 Å². The van der Waals surface area contributed by atoms with Crippen molar-refractivity contribution in [3.05, 3.63) is 60.2 Å². The molecule has 0 unspecified atom stereocenters. The number of carbonyl (C=O) groups is 1. The van der Waals surface area contributed by atoms with Crippen LogP contribution in [0.1, 0.15) is 18.2 Å². The number of aromatic nitrogens is 2. The molecule has 1 atom stereocenters. The number of amides is 1. The fourth-order valence-electron chi connectivity index (χ4n) is 2.13. The molecule has 0 spiro atoms. The van der Waals surface area contributed by atoms with E-state index in [-0.39, 0.29) is 11.9 Å². The molecule has 0 aliphatic rings. The maximum Gasteiger partial charge on any atom is 0.234 e. The highest BCUT2D eigenvalue weighted by Crippen LogP contribution is 2.04. The Morgan fingerprint density at radius 2 is 2.05 bits per heavy atom. The lowest BCUT2D eigenvalue weighted by molar-refractivity contribution is -0.122. The number of benzene rings is 1. The molecule has 116 valence electrons. The van der Waals surface area contributed by atoms with Gasteiger partial charge < -0.3 is 5.32 Å². The largest absolute Gasteiger partial charge is 0.351 e. The van der Waals surface area contributed by atoms with Crippen molar-refractivity contribution in [2.45, 2.75) is 25.9 Å². The van der Waals surface area contributed by atoms with Crippen LogP contribution in [0, 0.1) is 0 Å². The average Bonchev–Trinajstić information content (AvgIpc) is 2.55. The summed E-state index contributed by atoms with van der Waals surface area (Å²) in [4.78, 5) is 22.4. The van der Waals surface area contributed by atoms with Crippen LogP contribution in [0.4, 0.5) is 0 Å². The molecule has 22 heavy (non-hydrogen) atoms. The zero-order chi connectivity index (χ0) is 15.8. The normalized spacial score (nSPS) is 12.1. The summed E-state index contributed by atoms with van der Waals surface area (Å²) in [6.45, 7) is 3.01. The average molecular weight is 298 g/mol. The van der Waals surface area contributed by atoms with Gasteiger partial charge in [0.2, 0.25) is 5.91 Å². The van der Waals surface area contributed by atoms with Gasteiger partial charge in [-0.3, -0.25) is 19.7 Å². The van der Waals surface area contributed by atoms with Crippen molar-refractivity contribution >= 4 is 5.91 Å². The van der Waals surface area contributed by atoms with Gasteiger partial charge in [0.15, 0.2) is 0 Å². The van der Waals surface area contributed by atoms with E-state index in [9.17, 15) is 4.79 Å². The molecule has 2 aromatic rings. The van der Waals surface area contributed by atoms with Crippen LogP contribution in [0.25, 0.3) is 0 Å². The molecule has 1 amide bonds. The monoisotopic (exact) mass is 298 g/mol. The van der Waals surface area contributed by atoms with Crippen molar-refractivity contribution in [2.75, 3.05) is 13.6 Å². The first-order valence-electron chi connectivity index (χ1n) is 7.41. The predicted octanol–water partition coefficient (Wildman–Crippen LogP) is 1.66. The van der Waals surface area contributed by atoms with Gasteiger partial charge in [-0.2, -0.15) is 0 Å². The third-order valence-electron chi connectivity index (χ3n) is 3.60. The molecule has 1 aromatic carbocycles. The zero-order valence-electron chi connectivity index (χ0n) is 13.1. The molecule has 0 saturated heterocycles. The van der Waals surface area contributed by atoms with E-state index in [0.717, 1.165) is 17.7 Å². The number of hydrogen-bond acceptors (Lipinski definition) is 4. The second kappa shape index (κ2) is 8.24. The van der Waals surface area contributed by atoms with Crippen LogP contribution in [-0.2, 0) is 17.8 Å². The number of carbonyl (C=O) groups excluding carboxylic acids is 1. The Hall–Kier alpha value is -2.27. The number of nitrogens with zero attached hydrogens (tertiary/aromatic N) is 3.